The van der Waals surface area contributed by atoms with Crippen molar-refractivity contribution in [3.05, 3.63) is 169 Å². The van der Waals surface area contributed by atoms with Crippen molar-refractivity contribution in [1.29, 1.82) is 0 Å². The number of hydrogen-bond donors (Lipinski definition) is 0. The largest absolute Gasteiger partial charge is 0.208 e. The Balaban J connectivity index is 1.13. The smallest absolute Gasteiger partial charge is 0.164 e. The molecule has 226 valence electrons. The van der Waals surface area contributed by atoms with Crippen molar-refractivity contribution in [3.8, 4) is 56.4 Å². The highest BCUT2D eigenvalue weighted by Crippen LogP contribution is 2.39. The second kappa shape index (κ2) is 11.9. The zero-order valence-corrected chi connectivity index (χ0v) is 26.3. The summed E-state index contributed by atoms with van der Waals surface area (Å²) in [5.41, 5.74) is 10.4. The number of rotatable bonds is 5. The molecule has 3 nitrogen and oxygen atoms in total. The summed E-state index contributed by atoms with van der Waals surface area (Å²) in [6, 6.07) is 53.4. The lowest BCUT2D eigenvalue weighted by atomic mass is 9.85. The van der Waals surface area contributed by atoms with Gasteiger partial charge in [-0.3, -0.25) is 0 Å². The Bertz CT molecular complexity index is 2440. The maximum Gasteiger partial charge on any atom is 0.164 e. The molecule has 48 heavy (non-hydrogen) atoms. The fourth-order valence-electron chi connectivity index (χ4n) is 7.01. The molecule has 0 spiro atoms. The molecule has 3 heteroatoms. The van der Waals surface area contributed by atoms with E-state index in [1.54, 1.807) is 0 Å². The first-order valence-electron chi connectivity index (χ1n) is 16.5. The van der Waals surface area contributed by atoms with E-state index in [1.165, 1.54) is 43.8 Å². The average Bonchev–Trinajstić information content (AvgIpc) is 3.18. The fraction of sp³-hybridized carbons (Fsp3) is 0.0444. The molecule has 0 fully saturated rings. The SMILES string of the molecule is C1=Cc2c(c3cc(-c4cccc(-c5cccc(-c6nc(-c7ccccc7)nc(-c7ccccc7)n6)c5)c4)ccc3c3ccccc23)CC1. The van der Waals surface area contributed by atoms with Gasteiger partial charge in [0.05, 0.1) is 0 Å². The molecule has 0 atom stereocenters. The van der Waals surface area contributed by atoms with E-state index >= 15 is 0 Å². The predicted octanol–water partition coefficient (Wildman–Crippen LogP) is 11.5. The molecule has 8 aromatic rings. The highest BCUT2D eigenvalue weighted by Gasteiger charge is 2.16. The molecule has 0 amide bonds. The number of aryl methyl sites for hydroxylation is 1. The first-order valence-corrected chi connectivity index (χ1v) is 16.5. The average molecular weight is 614 g/mol. The fourth-order valence-corrected chi connectivity index (χ4v) is 7.01. The molecule has 0 N–H and O–H groups in total. The van der Waals surface area contributed by atoms with Crippen LogP contribution < -0.4 is 0 Å². The van der Waals surface area contributed by atoms with Gasteiger partial charge in [-0.25, -0.2) is 15.0 Å². The van der Waals surface area contributed by atoms with E-state index in [0.717, 1.165) is 40.7 Å². The number of fused-ring (bicyclic) bond motifs is 6. The summed E-state index contributed by atoms with van der Waals surface area (Å²) in [7, 11) is 0. The monoisotopic (exact) mass is 613 g/mol. The quantitative estimate of drug-likeness (QED) is 0.181. The number of allylic oxidation sites excluding steroid dienone is 1. The van der Waals surface area contributed by atoms with E-state index in [1.807, 2.05) is 60.7 Å². The lowest BCUT2D eigenvalue weighted by molar-refractivity contribution is 1.00. The first-order chi connectivity index (χ1) is 23.8. The van der Waals surface area contributed by atoms with Crippen LogP contribution in [0, 0.1) is 0 Å². The minimum Gasteiger partial charge on any atom is -0.208 e. The summed E-state index contributed by atoms with van der Waals surface area (Å²) in [5.74, 6) is 1.98. The van der Waals surface area contributed by atoms with Gasteiger partial charge in [0.2, 0.25) is 0 Å². The highest BCUT2D eigenvalue weighted by molar-refractivity contribution is 6.13. The Morgan fingerprint density at radius 3 is 1.48 bits per heavy atom. The number of nitrogens with zero attached hydrogens (tertiary/aromatic N) is 3. The van der Waals surface area contributed by atoms with E-state index in [2.05, 4.69) is 103 Å². The maximum absolute atomic E-state index is 4.96. The number of benzene rings is 7. The number of hydrogen-bond acceptors (Lipinski definition) is 3. The zero-order valence-electron chi connectivity index (χ0n) is 26.3. The van der Waals surface area contributed by atoms with Crippen molar-refractivity contribution in [3.63, 3.8) is 0 Å². The summed E-state index contributed by atoms with van der Waals surface area (Å²) in [5, 5.41) is 5.35. The van der Waals surface area contributed by atoms with Gasteiger partial charge in [-0.2, -0.15) is 0 Å². The van der Waals surface area contributed by atoms with Crippen molar-refractivity contribution in [2.45, 2.75) is 12.8 Å². The molecule has 1 aliphatic rings. The molecule has 9 rings (SSSR count). The normalized spacial score (nSPS) is 12.3. The van der Waals surface area contributed by atoms with Gasteiger partial charge in [-0.05, 0) is 86.0 Å². The van der Waals surface area contributed by atoms with Crippen molar-refractivity contribution in [2.24, 2.45) is 0 Å². The summed E-state index contributed by atoms with van der Waals surface area (Å²) >= 11 is 0. The van der Waals surface area contributed by atoms with Crippen LogP contribution in [0.3, 0.4) is 0 Å². The molecule has 0 aliphatic heterocycles. The Kier molecular flexibility index (Phi) is 6.94. The molecule has 0 unspecified atom stereocenters. The van der Waals surface area contributed by atoms with Crippen LogP contribution in [0.2, 0.25) is 0 Å². The van der Waals surface area contributed by atoms with Crippen molar-refractivity contribution in [1.82, 2.24) is 15.0 Å². The van der Waals surface area contributed by atoms with Gasteiger partial charge in [0, 0.05) is 16.7 Å². The molecular weight excluding hydrogens is 583 g/mol. The first kappa shape index (κ1) is 28.1. The third kappa shape index (κ3) is 5.06. The molecule has 0 saturated heterocycles. The van der Waals surface area contributed by atoms with Gasteiger partial charge >= 0.3 is 0 Å². The van der Waals surface area contributed by atoms with Crippen LogP contribution in [0.4, 0.5) is 0 Å². The predicted molar refractivity (Wildman–Crippen MR) is 199 cm³/mol. The minimum absolute atomic E-state index is 0.654. The van der Waals surface area contributed by atoms with E-state index in [0.29, 0.717) is 17.5 Å². The van der Waals surface area contributed by atoms with Crippen molar-refractivity contribution in [2.75, 3.05) is 0 Å². The Hall–Kier alpha value is -6.19. The molecule has 7 aromatic carbocycles. The summed E-state index contributed by atoms with van der Waals surface area (Å²) in [6.45, 7) is 0. The third-order valence-electron chi connectivity index (χ3n) is 9.37. The molecule has 1 aliphatic carbocycles. The van der Waals surface area contributed by atoms with Crippen LogP contribution >= 0.6 is 0 Å². The second-order valence-electron chi connectivity index (χ2n) is 12.3. The van der Waals surface area contributed by atoms with Gasteiger partial charge in [0.1, 0.15) is 0 Å². The summed E-state index contributed by atoms with van der Waals surface area (Å²) in [6.07, 6.45) is 6.78. The molecule has 0 bridgehead atoms. The standard InChI is InChI=1S/C45H31N3/c1-3-13-30(14-4-1)43-46-44(31-15-5-2-6-16-31)48-45(47-43)36-20-12-19-34(28-36)32-17-11-18-33(27-32)35-25-26-41-39-23-8-7-21-37(39)38-22-9-10-24-40(38)42(41)29-35/h1-9,11-23,25-29H,10,24H2. The third-order valence-corrected chi connectivity index (χ3v) is 9.37. The van der Waals surface area contributed by atoms with Crippen LogP contribution in [-0.2, 0) is 6.42 Å². The van der Waals surface area contributed by atoms with Gasteiger partial charge in [-0.15, -0.1) is 0 Å². The van der Waals surface area contributed by atoms with Crippen LogP contribution in [0.15, 0.2) is 158 Å². The van der Waals surface area contributed by atoms with Crippen LogP contribution in [0.5, 0.6) is 0 Å². The van der Waals surface area contributed by atoms with Gasteiger partial charge in [0.25, 0.3) is 0 Å². The van der Waals surface area contributed by atoms with Gasteiger partial charge < -0.3 is 0 Å². The molecule has 0 saturated carbocycles. The lowest BCUT2D eigenvalue weighted by Crippen LogP contribution is -2.00. The van der Waals surface area contributed by atoms with Gasteiger partial charge in [0.15, 0.2) is 17.5 Å². The second-order valence-corrected chi connectivity index (χ2v) is 12.3. The van der Waals surface area contributed by atoms with Crippen LogP contribution in [0.25, 0.3) is 84.0 Å². The topological polar surface area (TPSA) is 38.7 Å². The van der Waals surface area contributed by atoms with E-state index in [9.17, 15) is 0 Å². The van der Waals surface area contributed by atoms with E-state index < -0.39 is 0 Å². The lowest BCUT2D eigenvalue weighted by Gasteiger charge is -2.18. The van der Waals surface area contributed by atoms with Crippen molar-refractivity contribution >= 4 is 27.6 Å². The molecule has 0 radical (unpaired) electrons. The Morgan fingerprint density at radius 2 is 0.833 bits per heavy atom. The minimum atomic E-state index is 0.654. The van der Waals surface area contributed by atoms with Crippen LogP contribution in [0.1, 0.15) is 17.5 Å². The highest BCUT2D eigenvalue weighted by atomic mass is 15.0. The van der Waals surface area contributed by atoms with Gasteiger partial charge in [-0.1, -0.05) is 146 Å². The molecular formula is C45H31N3. The van der Waals surface area contributed by atoms with Crippen molar-refractivity contribution < 1.29 is 0 Å². The summed E-state index contributed by atoms with van der Waals surface area (Å²) < 4.78 is 0. The van der Waals surface area contributed by atoms with E-state index in [-0.39, 0.29) is 0 Å². The van der Waals surface area contributed by atoms with E-state index in [4.69, 9.17) is 15.0 Å². The Morgan fingerprint density at radius 1 is 0.354 bits per heavy atom. The Labute approximate surface area is 280 Å². The number of aromatic nitrogens is 3. The van der Waals surface area contributed by atoms with Crippen LogP contribution in [-0.4, -0.2) is 15.0 Å². The zero-order chi connectivity index (χ0) is 31.9. The molecule has 1 heterocycles. The summed E-state index contributed by atoms with van der Waals surface area (Å²) in [4.78, 5) is 14.8. The maximum atomic E-state index is 4.96. The molecule has 1 aromatic heterocycles.